The van der Waals surface area contributed by atoms with E-state index in [1.807, 2.05) is 27.7 Å². The van der Waals surface area contributed by atoms with Crippen LogP contribution in [0.3, 0.4) is 0 Å². The van der Waals surface area contributed by atoms with Gasteiger partial charge in [0.25, 0.3) is 0 Å². The van der Waals surface area contributed by atoms with Crippen molar-refractivity contribution in [3.05, 3.63) is 0 Å². The van der Waals surface area contributed by atoms with E-state index in [1.165, 1.54) is 77.4 Å². The first kappa shape index (κ1) is 60.1. The van der Waals surface area contributed by atoms with Gasteiger partial charge >= 0.3 is 0 Å². The number of aliphatic hydroxyl groups is 7. The lowest BCUT2D eigenvalue weighted by Crippen LogP contribution is -2.56. The summed E-state index contributed by atoms with van der Waals surface area (Å²) < 4.78 is 23.1. The summed E-state index contributed by atoms with van der Waals surface area (Å²) in [5, 5.41) is 59.0. The van der Waals surface area contributed by atoms with Gasteiger partial charge in [0.1, 0.15) is 0 Å². The molecule has 11 rings (SSSR count). The molecule has 0 aromatic carbocycles. The highest BCUT2D eigenvalue weighted by Crippen LogP contribution is 2.72. The van der Waals surface area contributed by atoms with Gasteiger partial charge in [0.05, 0.1) is 45.1 Å². The molecule has 0 amide bonds. The number of fused-ring (bicyclic) bond motifs is 17. The minimum atomic E-state index is -0.431. The Morgan fingerprint density at radius 2 is 0.691 bits per heavy atom. The predicted molar refractivity (Wildman–Crippen MR) is 271 cm³/mol. The highest BCUT2D eigenvalue weighted by Gasteiger charge is 2.65. The zero-order valence-corrected chi connectivity index (χ0v) is 45.0. The molecule has 12 atom stereocenters. The Labute approximate surface area is 415 Å². The fourth-order valence-corrected chi connectivity index (χ4v) is 15.3. The van der Waals surface area contributed by atoms with Gasteiger partial charge in [0.15, 0.2) is 12.6 Å². The van der Waals surface area contributed by atoms with Crippen LogP contribution in [0, 0.1) is 99.1 Å². The average Bonchev–Trinajstić information content (AvgIpc) is 4.21. The molecular weight excluding hydrogens is 861 g/mol. The molecule has 9 saturated carbocycles. The molecule has 0 radical (unpaired) electrons. The van der Waals surface area contributed by atoms with Crippen molar-refractivity contribution in [2.24, 2.45) is 99.1 Å². The first-order valence-electron chi connectivity index (χ1n) is 28.4. The second kappa shape index (κ2) is 29.5. The molecule has 7 N–H and O–H groups in total. The number of ether oxygens (including phenoxy) is 4. The zero-order valence-electron chi connectivity index (χ0n) is 45.0. The maximum atomic E-state index is 9.37. The third-order valence-corrected chi connectivity index (χ3v) is 18.4. The second-order valence-corrected chi connectivity index (χ2v) is 24.5. The first-order valence-corrected chi connectivity index (χ1v) is 28.4. The molecule has 0 aromatic heterocycles. The normalized spacial score (nSPS) is 40.6. The van der Waals surface area contributed by atoms with Crippen LogP contribution in [-0.2, 0) is 18.9 Å². The third-order valence-electron chi connectivity index (χ3n) is 18.4. The zero-order chi connectivity index (χ0) is 50.1. The van der Waals surface area contributed by atoms with Crippen molar-refractivity contribution >= 4 is 0 Å². The monoisotopic (exact) mass is 969 g/mol. The molecule has 68 heavy (non-hydrogen) atoms. The van der Waals surface area contributed by atoms with E-state index in [2.05, 4.69) is 13.8 Å². The van der Waals surface area contributed by atoms with Gasteiger partial charge < -0.3 is 54.7 Å². The third kappa shape index (κ3) is 15.3. The Hall–Kier alpha value is -0.440. The predicted octanol–water partition coefficient (Wildman–Crippen LogP) is 9.49. The van der Waals surface area contributed by atoms with E-state index < -0.39 is 23.4 Å². The maximum absolute atomic E-state index is 9.37. The lowest BCUT2D eigenvalue weighted by atomic mass is 9.64. The molecular formula is C57H108O11. The summed E-state index contributed by atoms with van der Waals surface area (Å²) in [4.78, 5) is 0. The number of aliphatic hydroxyl groups excluding tert-OH is 7. The Kier molecular flexibility index (Phi) is 26.0. The van der Waals surface area contributed by atoms with Crippen LogP contribution in [0.4, 0.5) is 0 Å². The molecule has 2 saturated heterocycles. The van der Waals surface area contributed by atoms with E-state index in [1.54, 1.807) is 104 Å². The van der Waals surface area contributed by atoms with Crippen molar-refractivity contribution in [3.63, 3.8) is 0 Å². The van der Waals surface area contributed by atoms with Gasteiger partial charge in [-0.15, -0.1) is 0 Å². The van der Waals surface area contributed by atoms with E-state index in [-0.39, 0.29) is 38.4 Å². The Morgan fingerprint density at radius 1 is 0.397 bits per heavy atom. The van der Waals surface area contributed by atoms with Crippen LogP contribution in [0.15, 0.2) is 0 Å². The summed E-state index contributed by atoms with van der Waals surface area (Å²) in [5.41, 5.74) is -1.16. The van der Waals surface area contributed by atoms with Crippen LogP contribution in [0.5, 0.6) is 0 Å². The van der Waals surface area contributed by atoms with Crippen LogP contribution in [0.2, 0.25) is 0 Å². The van der Waals surface area contributed by atoms with Crippen molar-refractivity contribution in [3.8, 4) is 0 Å². The van der Waals surface area contributed by atoms with Crippen LogP contribution in [0.25, 0.3) is 0 Å². The lowest BCUT2D eigenvalue weighted by molar-refractivity contribution is -0.337. The molecule has 11 heteroatoms. The van der Waals surface area contributed by atoms with Gasteiger partial charge in [-0.3, -0.25) is 0 Å². The fourth-order valence-electron chi connectivity index (χ4n) is 15.3. The Balaban J connectivity index is 0.000000189. The summed E-state index contributed by atoms with van der Waals surface area (Å²) in [7, 11) is 0. The number of hydrogen-bond acceptors (Lipinski definition) is 11. The lowest BCUT2D eigenvalue weighted by Gasteiger charge is -2.48. The summed E-state index contributed by atoms with van der Waals surface area (Å²) in [5.74, 6) is 15.6. The molecule has 11 aliphatic rings. The fraction of sp³-hybridized carbons (Fsp3) is 1.00. The maximum Gasteiger partial charge on any atom is 0.164 e. The van der Waals surface area contributed by atoms with Gasteiger partial charge in [0.2, 0.25) is 0 Å². The highest BCUT2D eigenvalue weighted by atomic mass is 16.7. The smallest absolute Gasteiger partial charge is 0.164 e. The standard InChI is InChI=1S/C15H28O6.C15H22.C10H16.C8H16O2.C3H8.3C2H6O/c1-13(2,5-16)11-18-7-15(8-19-11)9-20-12(21-10-15)14(3,4)6-17;1-2-10-11(3-1)13-7-12(10)14-8-4-5-9(6-8)15(13)14;1-2-9-7-4-5-8(6-7)10(9)3-1;9-5-7-1-2-8(6-10)4-3-7;1-3-2;3*1-2-3/h11-12,16-17H,5-10H2,1-4H3;8-15H,1-7H2;2*7-10H,1-6H2;3H2,1-2H3;3*3H,2H2,1H3. The summed E-state index contributed by atoms with van der Waals surface area (Å²) in [6, 6.07) is 0. The van der Waals surface area contributed by atoms with Crippen molar-refractivity contribution < 1.29 is 54.7 Å². The van der Waals surface area contributed by atoms with Crippen LogP contribution in [-0.4, -0.2) is 121 Å². The molecule has 0 aromatic rings. The quantitative estimate of drug-likeness (QED) is 0.126. The van der Waals surface area contributed by atoms with E-state index >= 15 is 0 Å². The molecule has 6 bridgehead atoms. The highest BCUT2D eigenvalue weighted by molar-refractivity contribution is 5.14. The van der Waals surface area contributed by atoms with E-state index in [0.717, 1.165) is 25.7 Å². The first-order chi connectivity index (χ1) is 32.6. The Morgan fingerprint density at radius 3 is 1.00 bits per heavy atom. The molecule has 11 nitrogen and oxygen atoms in total. The Bertz CT molecular complexity index is 1220. The van der Waals surface area contributed by atoms with Crippen LogP contribution >= 0.6 is 0 Å². The van der Waals surface area contributed by atoms with Gasteiger partial charge in [0, 0.05) is 43.9 Å². The average molecular weight is 969 g/mol. The molecule has 2 heterocycles. The summed E-state index contributed by atoms with van der Waals surface area (Å²) in [6.07, 6.45) is 25.7. The van der Waals surface area contributed by atoms with Crippen LogP contribution in [0.1, 0.15) is 178 Å². The summed E-state index contributed by atoms with van der Waals surface area (Å²) in [6.45, 7) is 20.3. The van der Waals surface area contributed by atoms with Gasteiger partial charge in [-0.2, -0.15) is 0 Å². The van der Waals surface area contributed by atoms with Gasteiger partial charge in [-0.05, 0) is 200 Å². The largest absolute Gasteiger partial charge is 0.397 e. The van der Waals surface area contributed by atoms with Crippen molar-refractivity contribution in [2.45, 2.75) is 190 Å². The molecule has 402 valence electrons. The van der Waals surface area contributed by atoms with Gasteiger partial charge in [-0.25, -0.2) is 0 Å². The molecule has 12 unspecified atom stereocenters. The van der Waals surface area contributed by atoms with E-state index in [4.69, 9.17) is 44.5 Å². The summed E-state index contributed by atoms with van der Waals surface area (Å²) >= 11 is 0. The second-order valence-electron chi connectivity index (χ2n) is 24.5. The topological polar surface area (TPSA) is 179 Å². The van der Waals surface area contributed by atoms with Crippen molar-refractivity contribution in [2.75, 3.05) is 72.7 Å². The molecule has 1 spiro atoms. The van der Waals surface area contributed by atoms with Crippen molar-refractivity contribution in [1.82, 2.24) is 0 Å². The van der Waals surface area contributed by atoms with Crippen LogP contribution < -0.4 is 0 Å². The number of hydrogen-bond donors (Lipinski definition) is 7. The minimum absolute atomic E-state index is 0.00440. The number of rotatable bonds is 6. The molecule has 9 aliphatic carbocycles. The van der Waals surface area contributed by atoms with Gasteiger partial charge in [-0.1, -0.05) is 60.8 Å². The SMILES string of the molecule is C1CC2C(C1)C1CC2C2C3CCC(C3)C12.C1CC2C3CCC(C3)C2C1.CC(C)(CO)C1OCC2(CO1)COC(C(C)(C)CO)OC2.CCC.CCO.CCO.CCO.OCC1CCC(CO)CC1. The molecule has 11 fully saturated rings. The van der Waals surface area contributed by atoms with E-state index in [9.17, 15) is 10.2 Å². The van der Waals surface area contributed by atoms with Crippen molar-refractivity contribution in [1.29, 1.82) is 0 Å². The minimum Gasteiger partial charge on any atom is -0.397 e. The van der Waals surface area contributed by atoms with E-state index in [0.29, 0.717) is 51.5 Å². The molecule has 2 aliphatic heterocycles.